The van der Waals surface area contributed by atoms with Crippen molar-refractivity contribution in [3.05, 3.63) is 11.5 Å². The molecule has 0 amide bonds. The summed E-state index contributed by atoms with van der Waals surface area (Å²) in [7, 11) is -2.95. The maximum atomic E-state index is 11.5. The number of nitrogens with zero attached hydrogens (tertiary/aromatic N) is 1. The molecule has 0 saturated carbocycles. The molecule has 4 nitrogen and oxygen atoms in total. The maximum absolute atomic E-state index is 11.5. The third kappa shape index (κ3) is 2.72. The Hall–Kier alpha value is -0.390. The van der Waals surface area contributed by atoms with E-state index in [0.29, 0.717) is 6.04 Å². The molecule has 1 N–H and O–H groups in total. The second-order valence-corrected chi connectivity index (χ2v) is 7.47. The summed E-state index contributed by atoms with van der Waals surface area (Å²) in [5, 5.41) is 4.92. The minimum absolute atomic E-state index is 0.0583. The van der Waals surface area contributed by atoms with Crippen LogP contribution in [0.2, 0.25) is 0 Å². The predicted octanol–water partition coefficient (Wildman–Crippen LogP) is 0.759. The highest BCUT2D eigenvalue weighted by Gasteiger charge is 2.38. The van der Waals surface area contributed by atoms with Gasteiger partial charge >= 0.3 is 0 Å². The van der Waals surface area contributed by atoms with Crippen LogP contribution in [0.5, 0.6) is 0 Å². The lowest BCUT2D eigenvalue weighted by atomic mass is 9.93. The van der Waals surface area contributed by atoms with Gasteiger partial charge in [-0.3, -0.25) is 4.90 Å². The van der Waals surface area contributed by atoms with Gasteiger partial charge in [-0.15, -0.1) is 0 Å². The van der Waals surface area contributed by atoms with Crippen LogP contribution in [0.1, 0.15) is 27.2 Å². The Kier molecular flexibility index (Phi) is 3.36. The lowest BCUT2D eigenvalue weighted by Crippen LogP contribution is -2.64. The van der Waals surface area contributed by atoms with E-state index in [1.165, 1.54) is 5.41 Å². The molecule has 2 aliphatic heterocycles. The van der Waals surface area contributed by atoms with Gasteiger partial charge in [0.05, 0.1) is 5.75 Å². The molecule has 1 fully saturated rings. The maximum Gasteiger partial charge on any atom is 0.173 e. The van der Waals surface area contributed by atoms with E-state index in [-0.39, 0.29) is 17.3 Å². The zero-order valence-electron chi connectivity index (χ0n) is 10.8. The Morgan fingerprint density at radius 1 is 1.53 bits per heavy atom. The summed E-state index contributed by atoms with van der Waals surface area (Å²) in [4.78, 5) is 2.32. The van der Waals surface area contributed by atoms with E-state index in [2.05, 4.69) is 31.0 Å². The third-order valence-electron chi connectivity index (χ3n) is 4.04. The molecular weight excluding hydrogens is 236 g/mol. The first-order valence-corrected chi connectivity index (χ1v) is 7.98. The average Bonchev–Trinajstić information content (AvgIpc) is 2.63. The molecule has 0 spiro atoms. The largest absolute Gasteiger partial charge is 0.309 e. The van der Waals surface area contributed by atoms with E-state index in [1.54, 1.807) is 0 Å². The molecule has 2 aliphatic rings. The standard InChI is InChI=1S/C12H22N2O2S/c1-4-12(3)9-14(10(2)7-13-12)11-5-6-17(15,16)8-11/h5-6,10-11,13H,4,7-9H2,1-3H3. The van der Waals surface area contributed by atoms with E-state index < -0.39 is 9.84 Å². The normalized spacial score (nSPS) is 41.8. The van der Waals surface area contributed by atoms with E-state index in [0.717, 1.165) is 19.5 Å². The number of nitrogens with one attached hydrogen (secondary N) is 1. The van der Waals surface area contributed by atoms with Crippen LogP contribution in [0.3, 0.4) is 0 Å². The first kappa shape index (κ1) is 13.1. The van der Waals surface area contributed by atoms with Crippen molar-refractivity contribution in [3.8, 4) is 0 Å². The highest BCUT2D eigenvalue weighted by Crippen LogP contribution is 2.24. The molecule has 3 unspecified atom stereocenters. The summed E-state index contributed by atoms with van der Waals surface area (Å²) in [6, 6.07) is 0.445. The van der Waals surface area contributed by atoms with Crippen molar-refractivity contribution in [1.29, 1.82) is 0 Å². The highest BCUT2D eigenvalue weighted by molar-refractivity contribution is 7.94. The molecule has 0 aromatic heterocycles. The van der Waals surface area contributed by atoms with Gasteiger partial charge in [0.15, 0.2) is 9.84 Å². The van der Waals surface area contributed by atoms with Gasteiger partial charge in [0.25, 0.3) is 0 Å². The minimum Gasteiger partial charge on any atom is -0.309 e. The van der Waals surface area contributed by atoms with Crippen LogP contribution in [0.15, 0.2) is 11.5 Å². The molecule has 1 saturated heterocycles. The van der Waals surface area contributed by atoms with Crippen LogP contribution in [-0.2, 0) is 9.84 Å². The van der Waals surface area contributed by atoms with Gasteiger partial charge in [-0.2, -0.15) is 0 Å². The third-order valence-corrected chi connectivity index (χ3v) is 5.42. The van der Waals surface area contributed by atoms with Gasteiger partial charge in [0, 0.05) is 36.1 Å². The molecule has 5 heteroatoms. The quantitative estimate of drug-likeness (QED) is 0.794. The molecule has 98 valence electrons. The Balaban J connectivity index is 2.12. The first-order valence-electron chi connectivity index (χ1n) is 6.27. The van der Waals surface area contributed by atoms with Crippen molar-refractivity contribution in [2.24, 2.45) is 0 Å². The fraction of sp³-hybridized carbons (Fsp3) is 0.833. The van der Waals surface area contributed by atoms with Crippen molar-refractivity contribution in [2.75, 3.05) is 18.8 Å². The van der Waals surface area contributed by atoms with Crippen LogP contribution < -0.4 is 5.32 Å². The van der Waals surface area contributed by atoms with Gasteiger partial charge in [0.1, 0.15) is 0 Å². The van der Waals surface area contributed by atoms with Crippen LogP contribution in [0.4, 0.5) is 0 Å². The molecule has 0 aliphatic carbocycles. The van der Waals surface area contributed by atoms with Crippen molar-refractivity contribution in [3.63, 3.8) is 0 Å². The SMILES string of the molecule is CCC1(C)CN(C2C=CS(=O)(=O)C2)C(C)CN1. The zero-order valence-corrected chi connectivity index (χ0v) is 11.6. The second kappa shape index (κ2) is 4.37. The van der Waals surface area contributed by atoms with Crippen molar-refractivity contribution in [1.82, 2.24) is 10.2 Å². The first-order chi connectivity index (χ1) is 7.85. The summed E-state index contributed by atoms with van der Waals surface area (Å²) in [5.41, 5.74) is 0.104. The summed E-state index contributed by atoms with van der Waals surface area (Å²) in [5.74, 6) is 0.247. The van der Waals surface area contributed by atoms with Crippen LogP contribution in [-0.4, -0.2) is 49.8 Å². The molecule has 0 aromatic carbocycles. The second-order valence-electron chi connectivity index (χ2n) is 5.54. The van der Waals surface area contributed by atoms with E-state index >= 15 is 0 Å². The summed E-state index contributed by atoms with van der Waals surface area (Å²) < 4.78 is 23.0. The highest BCUT2D eigenvalue weighted by atomic mass is 32.2. The lowest BCUT2D eigenvalue weighted by molar-refractivity contribution is 0.0775. The number of hydrogen-bond acceptors (Lipinski definition) is 4. The fourth-order valence-corrected chi connectivity index (χ4v) is 3.88. The number of rotatable bonds is 2. The van der Waals surface area contributed by atoms with Gasteiger partial charge in [-0.25, -0.2) is 8.42 Å². The molecule has 2 rings (SSSR count). The van der Waals surface area contributed by atoms with Crippen LogP contribution >= 0.6 is 0 Å². The topological polar surface area (TPSA) is 49.4 Å². The summed E-state index contributed by atoms with van der Waals surface area (Å²) in [6.07, 6.45) is 2.90. The molecule has 0 aromatic rings. The minimum atomic E-state index is -2.95. The molecule has 0 radical (unpaired) electrons. The Morgan fingerprint density at radius 3 is 2.76 bits per heavy atom. The fourth-order valence-electron chi connectivity index (χ4n) is 2.57. The number of piperazine rings is 1. The molecule has 17 heavy (non-hydrogen) atoms. The van der Waals surface area contributed by atoms with Gasteiger partial charge in [-0.05, 0) is 20.3 Å². The number of hydrogen-bond donors (Lipinski definition) is 1. The predicted molar refractivity (Wildman–Crippen MR) is 69.6 cm³/mol. The summed E-state index contributed by atoms with van der Waals surface area (Å²) >= 11 is 0. The van der Waals surface area contributed by atoms with Crippen LogP contribution in [0, 0.1) is 0 Å². The van der Waals surface area contributed by atoms with Crippen molar-refractivity contribution < 1.29 is 8.42 Å². The van der Waals surface area contributed by atoms with E-state index in [4.69, 9.17) is 0 Å². The van der Waals surface area contributed by atoms with Gasteiger partial charge < -0.3 is 5.32 Å². The number of sulfone groups is 1. The van der Waals surface area contributed by atoms with E-state index in [1.807, 2.05) is 6.08 Å². The lowest BCUT2D eigenvalue weighted by Gasteiger charge is -2.47. The molecule has 2 heterocycles. The monoisotopic (exact) mass is 258 g/mol. The van der Waals surface area contributed by atoms with Gasteiger partial charge in [0.2, 0.25) is 0 Å². The Morgan fingerprint density at radius 2 is 2.24 bits per heavy atom. The smallest absolute Gasteiger partial charge is 0.173 e. The molecular formula is C12H22N2O2S. The van der Waals surface area contributed by atoms with Gasteiger partial charge in [-0.1, -0.05) is 13.0 Å². The zero-order chi connectivity index (χ0) is 12.7. The average molecular weight is 258 g/mol. The van der Waals surface area contributed by atoms with E-state index in [9.17, 15) is 8.42 Å². The summed E-state index contributed by atoms with van der Waals surface area (Å²) in [6.45, 7) is 8.37. The van der Waals surface area contributed by atoms with Crippen LogP contribution in [0.25, 0.3) is 0 Å². The van der Waals surface area contributed by atoms with Crippen molar-refractivity contribution in [2.45, 2.75) is 44.8 Å². The van der Waals surface area contributed by atoms with Crippen molar-refractivity contribution >= 4 is 9.84 Å². The molecule has 0 bridgehead atoms. The Bertz CT molecular complexity index is 418. The molecule has 3 atom stereocenters. The Labute approximate surface area is 104 Å².